The summed E-state index contributed by atoms with van der Waals surface area (Å²) in [5.41, 5.74) is 4.13. The van der Waals surface area contributed by atoms with Crippen molar-refractivity contribution in [3.05, 3.63) is 58.0 Å². The van der Waals surface area contributed by atoms with E-state index in [1.165, 1.54) is 5.56 Å². The van der Waals surface area contributed by atoms with Gasteiger partial charge in [0.15, 0.2) is 0 Å². The summed E-state index contributed by atoms with van der Waals surface area (Å²) < 4.78 is 2.70. The van der Waals surface area contributed by atoms with Gasteiger partial charge in [-0.15, -0.1) is 0 Å². The number of hydrogen-bond acceptors (Lipinski definition) is 3. The molecule has 0 aliphatic rings. The molecule has 2 aromatic heterocycles. The van der Waals surface area contributed by atoms with Crippen molar-refractivity contribution in [2.75, 3.05) is 0 Å². The summed E-state index contributed by atoms with van der Waals surface area (Å²) >= 11 is 3.45. The van der Waals surface area contributed by atoms with Crippen LogP contribution in [0.3, 0.4) is 0 Å². The third-order valence-electron chi connectivity index (χ3n) is 3.70. The van der Waals surface area contributed by atoms with Crippen LogP contribution in [0.5, 0.6) is 0 Å². The van der Waals surface area contributed by atoms with Gasteiger partial charge in [0.1, 0.15) is 5.69 Å². The Hall–Kier alpha value is -2.41. The number of nitrogens with zero attached hydrogens (tertiary/aromatic N) is 3. The average Bonchev–Trinajstić information content (AvgIpc) is 3.20. The maximum atomic E-state index is 12.3. The SMILES string of the molecule is CCn1cc(Br)c(CNC(=O)c2cc(-c3ccc(C)cc3)n[nH]2)n1. The molecule has 0 saturated carbocycles. The molecule has 3 aromatic rings. The van der Waals surface area contributed by atoms with Gasteiger partial charge < -0.3 is 5.32 Å². The summed E-state index contributed by atoms with van der Waals surface area (Å²) in [6, 6.07) is 9.76. The van der Waals surface area contributed by atoms with Gasteiger partial charge in [-0.25, -0.2) is 0 Å². The highest BCUT2D eigenvalue weighted by molar-refractivity contribution is 9.10. The molecule has 1 amide bonds. The lowest BCUT2D eigenvalue weighted by Crippen LogP contribution is -2.23. The fourth-order valence-corrected chi connectivity index (χ4v) is 2.74. The summed E-state index contributed by atoms with van der Waals surface area (Å²) in [6.07, 6.45) is 1.90. The van der Waals surface area contributed by atoms with Gasteiger partial charge in [-0.2, -0.15) is 10.2 Å². The lowest BCUT2D eigenvalue weighted by atomic mass is 10.1. The van der Waals surface area contributed by atoms with E-state index in [2.05, 4.69) is 36.5 Å². The van der Waals surface area contributed by atoms with Crippen LogP contribution in [0.25, 0.3) is 11.3 Å². The third-order valence-corrected chi connectivity index (χ3v) is 4.36. The van der Waals surface area contributed by atoms with Crippen LogP contribution in [-0.4, -0.2) is 25.9 Å². The average molecular weight is 388 g/mol. The number of hydrogen-bond donors (Lipinski definition) is 2. The Bertz CT molecular complexity index is 850. The Morgan fingerprint density at radius 3 is 2.75 bits per heavy atom. The van der Waals surface area contributed by atoms with Crippen molar-refractivity contribution >= 4 is 21.8 Å². The third kappa shape index (κ3) is 3.56. The highest BCUT2D eigenvalue weighted by Crippen LogP contribution is 2.18. The lowest BCUT2D eigenvalue weighted by Gasteiger charge is -2.01. The zero-order valence-electron chi connectivity index (χ0n) is 13.5. The Morgan fingerprint density at radius 2 is 2.08 bits per heavy atom. The van der Waals surface area contributed by atoms with Gasteiger partial charge in [-0.3, -0.25) is 14.6 Å². The zero-order chi connectivity index (χ0) is 17.1. The van der Waals surface area contributed by atoms with Gasteiger partial charge in [0.2, 0.25) is 0 Å². The fourth-order valence-electron chi connectivity index (χ4n) is 2.29. The van der Waals surface area contributed by atoms with Crippen molar-refractivity contribution in [1.29, 1.82) is 0 Å². The Labute approximate surface area is 148 Å². The summed E-state index contributed by atoms with van der Waals surface area (Å²) in [5, 5.41) is 14.2. The first-order chi connectivity index (χ1) is 11.6. The Balaban J connectivity index is 1.67. The number of rotatable bonds is 5. The van der Waals surface area contributed by atoms with E-state index in [0.29, 0.717) is 12.2 Å². The summed E-state index contributed by atoms with van der Waals surface area (Å²) in [5.74, 6) is -0.209. The summed E-state index contributed by atoms with van der Waals surface area (Å²) in [6.45, 7) is 5.18. The van der Waals surface area contributed by atoms with Crippen LogP contribution in [0.1, 0.15) is 28.7 Å². The van der Waals surface area contributed by atoms with Crippen molar-refractivity contribution in [3.8, 4) is 11.3 Å². The second kappa shape index (κ2) is 7.00. The Kier molecular flexibility index (Phi) is 4.80. The van der Waals surface area contributed by atoms with Gasteiger partial charge in [-0.05, 0) is 35.8 Å². The summed E-state index contributed by atoms with van der Waals surface area (Å²) in [4.78, 5) is 12.3. The number of aromatic nitrogens is 4. The first-order valence-electron chi connectivity index (χ1n) is 7.69. The standard InChI is InChI=1S/C17H18BrN5O/c1-3-23-10-13(18)16(22-23)9-19-17(24)15-8-14(20-21-15)12-6-4-11(2)5-7-12/h4-8,10H,3,9H2,1-2H3,(H,19,24)(H,20,21). The van der Waals surface area contributed by atoms with Crippen molar-refractivity contribution in [1.82, 2.24) is 25.3 Å². The maximum absolute atomic E-state index is 12.3. The molecule has 0 spiro atoms. The van der Waals surface area contributed by atoms with Crippen LogP contribution in [-0.2, 0) is 13.1 Å². The molecule has 2 N–H and O–H groups in total. The van der Waals surface area contributed by atoms with E-state index in [1.807, 2.05) is 49.0 Å². The second-order valence-corrected chi connectivity index (χ2v) is 6.35. The van der Waals surface area contributed by atoms with E-state index >= 15 is 0 Å². The van der Waals surface area contributed by atoms with Crippen molar-refractivity contribution < 1.29 is 4.79 Å². The zero-order valence-corrected chi connectivity index (χ0v) is 15.1. The number of halogens is 1. The molecular formula is C17H18BrN5O. The van der Waals surface area contributed by atoms with Crippen LogP contribution in [0.2, 0.25) is 0 Å². The number of aromatic amines is 1. The van der Waals surface area contributed by atoms with Crippen molar-refractivity contribution in [2.45, 2.75) is 26.9 Å². The van der Waals surface area contributed by atoms with Crippen LogP contribution in [0.4, 0.5) is 0 Å². The van der Waals surface area contributed by atoms with E-state index in [4.69, 9.17) is 0 Å². The smallest absolute Gasteiger partial charge is 0.269 e. The lowest BCUT2D eigenvalue weighted by molar-refractivity contribution is 0.0945. The van der Waals surface area contributed by atoms with Crippen molar-refractivity contribution in [2.24, 2.45) is 0 Å². The van der Waals surface area contributed by atoms with Gasteiger partial charge in [0.05, 0.1) is 22.4 Å². The topological polar surface area (TPSA) is 75.6 Å². The number of aryl methyl sites for hydroxylation is 2. The minimum atomic E-state index is -0.209. The predicted molar refractivity (Wildman–Crippen MR) is 95.5 cm³/mol. The van der Waals surface area contributed by atoms with Gasteiger partial charge in [-0.1, -0.05) is 29.8 Å². The summed E-state index contributed by atoms with van der Waals surface area (Å²) in [7, 11) is 0. The maximum Gasteiger partial charge on any atom is 0.269 e. The van der Waals surface area contributed by atoms with E-state index in [0.717, 1.165) is 28.0 Å². The normalized spacial score (nSPS) is 10.8. The highest BCUT2D eigenvalue weighted by Gasteiger charge is 2.13. The van der Waals surface area contributed by atoms with E-state index in [1.54, 1.807) is 6.07 Å². The molecule has 0 aliphatic carbocycles. The number of carbonyl (C=O) groups excluding carboxylic acids is 1. The molecule has 0 unspecified atom stereocenters. The second-order valence-electron chi connectivity index (χ2n) is 5.49. The van der Waals surface area contributed by atoms with Crippen molar-refractivity contribution in [3.63, 3.8) is 0 Å². The monoisotopic (exact) mass is 387 g/mol. The molecule has 0 saturated heterocycles. The van der Waals surface area contributed by atoms with Crippen LogP contribution in [0, 0.1) is 6.92 Å². The number of carbonyl (C=O) groups is 1. The minimum Gasteiger partial charge on any atom is -0.345 e. The molecule has 1 aromatic carbocycles. The molecule has 124 valence electrons. The first kappa shape index (κ1) is 16.4. The van der Waals surface area contributed by atoms with E-state index in [9.17, 15) is 4.79 Å². The van der Waals surface area contributed by atoms with Gasteiger partial charge in [0, 0.05) is 18.3 Å². The van der Waals surface area contributed by atoms with E-state index in [-0.39, 0.29) is 5.91 Å². The fraction of sp³-hybridized carbons (Fsp3) is 0.235. The Morgan fingerprint density at radius 1 is 1.33 bits per heavy atom. The molecule has 7 heteroatoms. The molecule has 2 heterocycles. The molecular weight excluding hydrogens is 370 g/mol. The molecule has 0 aliphatic heterocycles. The highest BCUT2D eigenvalue weighted by atomic mass is 79.9. The number of amides is 1. The first-order valence-corrected chi connectivity index (χ1v) is 8.48. The number of nitrogens with one attached hydrogen (secondary N) is 2. The van der Waals surface area contributed by atoms with Crippen LogP contribution in [0.15, 0.2) is 41.0 Å². The number of benzene rings is 1. The molecule has 0 bridgehead atoms. The molecule has 3 rings (SSSR count). The largest absolute Gasteiger partial charge is 0.345 e. The van der Waals surface area contributed by atoms with Gasteiger partial charge in [0.25, 0.3) is 5.91 Å². The molecule has 0 atom stereocenters. The van der Waals surface area contributed by atoms with Crippen LogP contribution < -0.4 is 5.32 Å². The molecule has 0 radical (unpaired) electrons. The quantitative estimate of drug-likeness (QED) is 0.704. The van der Waals surface area contributed by atoms with Gasteiger partial charge >= 0.3 is 0 Å². The van der Waals surface area contributed by atoms with E-state index < -0.39 is 0 Å². The molecule has 6 nitrogen and oxygen atoms in total. The number of H-pyrrole nitrogens is 1. The molecule has 0 fully saturated rings. The van der Waals surface area contributed by atoms with Crippen LogP contribution >= 0.6 is 15.9 Å². The predicted octanol–water partition coefficient (Wildman–Crippen LogP) is 3.29. The molecule has 24 heavy (non-hydrogen) atoms. The minimum absolute atomic E-state index is 0.209.